The lowest BCUT2D eigenvalue weighted by atomic mass is 10.1. The van der Waals surface area contributed by atoms with Crippen LogP contribution in [0.15, 0.2) is 34.0 Å². The molecule has 0 atom stereocenters. The molecular weight excluding hydrogens is 304 g/mol. The highest BCUT2D eigenvalue weighted by molar-refractivity contribution is 6.01. The Labute approximate surface area is 130 Å². The Bertz CT molecular complexity index is 790. The predicted octanol–water partition coefficient (Wildman–Crippen LogP) is 3.55. The number of nitrogens with zero attached hydrogens (tertiary/aromatic N) is 3. The number of non-ortho nitro benzene ring substituents is 1. The zero-order valence-corrected chi connectivity index (χ0v) is 12.7. The molecule has 0 aliphatic heterocycles. The highest BCUT2D eigenvalue weighted by atomic mass is 16.6. The molecule has 1 N–H and O–H groups in total. The summed E-state index contributed by atoms with van der Waals surface area (Å²) in [4.78, 5) is 20.4. The summed E-state index contributed by atoms with van der Waals surface area (Å²) in [6.07, 6.45) is 1.60. The van der Waals surface area contributed by atoms with E-state index in [-0.39, 0.29) is 11.4 Å². The van der Waals surface area contributed by atoms with E-state index in [9.17, 15) is 20.2 Å². The van der Waals surface area contributed by atoms with Gasteiger partial charge >= 0.3 is 5.69 Å². The first-order chi connectivity index (χ1) is 10.8. The van der Waals surface area contributed by atoms with Crippen molar-refractivity contribution in [1.82, 2.24) is 0 Å². The molecule has 120 valence electrons. The standard InChI is InChI=1S/C14H14N4O5/c1-8-7-23-10(3)14(8)9(2)15-16-12-5-4-11(17(19)20)6-13(12)18(21)22/h4-7,16H,1-3H3. The first-order valence-electron chi connectivity index (χ1n) is 6.59. The fourth-order valence-corrected chi connectivity index (χ4v) is 2.19. The average Bonchev–Trinajstić information content (AvgIpc) is 2.83. The molecular formula is C14H14N4O5. The van der Waals surface area contributed by atoms with Crippen LogP contribution in [-0.4, -0.2) is 15.6 Å². The van der Waals surface area contributed by atoms with Gasteiger partial charge in [0.05, 0.1) is 27.9 Å². The molecule has 0 unspecified atom stereocenters. The first kappa shape index (κ1) is 16.1. The van der Waals surface area contributed by atoms with Gasteiger partial charge in [-0.05, 0) is 32.4 Å². The van der Waals surface area contributed by atoms with Crippen LogP contribution in [0.3, 0.4) is 0 Å². The van der Waals surface area contributed by atoms with Crippen molar-refractivity contribution < 1.29 is 14.3 Å². The molecule has 2 rings (SSSR count). The second-order valence-corrected chi connectivity index (χ2v) is 4.87. The smallest absolute Gasteiger partial charge is 0.301 e. The van der Waals surface area contributed by atoms with Gasteiger partial charge in [0.15, 0.2) is 0 Å². The number of nitrogens with one attached hydrogen (secondary N) is 1. The molecule has 1 heterocycles. The fourth-order valence-electron chi connectivity index (χ4n) is 2.19. The van der Waals surface area contributed by atoms with Gasteiger partial charge in [0.2, 0.25) is 0 Å². The highest BCUT2D eigenvalue weighted by Gasteiger charge is 2.19. The summed E-state index contributed by atoms with van der Waals surface area (Å²) in [5.74, 6) is 0.684. The zero-order chi connectivity index (χ0) is 17.1. The number of aryl methyl sites for hydroxylation is 2. The lowest BCUT2D eigenvalue weighted by molar-refractivity contribution is -0.393. The molecule has 9 heteroatoms. The van der Waals surface area contributed by atoms with Gasteiger partial charge in [-0.3, -0.25) is 25.7 Å². The lowest BCUT2D eigenvalue weighted by Gasteiger charge is -2.05. The molecule has 2 aromatic rings. The Morgan fingerprint density at radius 3 is 2.43 bits per heavy atom. The van der Waals surface area contributed by atoms with Gasteiger partial charge in [0.1, 0.15) is 11.4 Å². The molecule has 0 radical (unpaired) electrons. The van der Waals surface area contributed by atoms with Gasteiger partial charge in [-0.15, -0.1) is 0 Å². The van der Waals surface area contributed by atoms with Gasteiger partial charge in [-0.25, -0.2) is 0 Å². The molecule has 9 nitrogen and oxygen atoms in total. The Hall–Kier alpha value is -3.23. The Kier molecular flexibility index (Phi) is 4.39. The van der Waals surface area contributed by atoms with Crippen LogP contribution in [0.1, 0.15) is 23.8 Å². The quantitative estimate of drug-likeness (QED) is 0.510. The predicted molar refractivity (Wildman–Crippen MR) is 83.8 cm³/mol. The van der Waals surface area contributed by atoms with Gasteiger partial charge in [-0.2, -0.15) is 5.10 Å². The minimum absolute atomic E-state index is 0.0683. The molecule has 0 bridgehead atoms. The number of benzene rings is 1. The van der Waals surface area contributed by atoms with Gasteiger partial charge in [0, 0.05) is 11.6 Å². The van der Waals surface area contributed by atoms with Crippen molar-refractivity contribution in [3.8, 4) is 0 Å². The van der Waals surface area contributed by atoms with Crippen molar-refractivity contribution in [2.45, 2.75) is 20.8 Å². The molecule has 1 aromatic heterocycles. The number of hydrazone groups is 1. The molecule has 0 fully saturated rings. The molecule has 1 aromatic carbocycles. The van der Waals surface area contributed by atoms with Gasteiger partial charge < -0.3 is 4.42 Å². The van der Waals surface area contributed by atoms with Crippen LogP contribution < -0.4 is 5.43 Å². The third-order valence-corrected chi connectivity index (χ3v) is 3.25. The third-order valence-electron chi connectivity index (χ3n) is 3.25. The van der Waals surface area contributed by atoms with E-state index in [1.165, 1.54) is 12.1 Å². The molecule has 23 heavy (non-hydrogen) atoms. The van der Waals surface area contributed by atoms with Crippen LogP contribution in [-0.2, 0) is 0 Å². The van der Waals surface area contributed by atoms with Gasteiger partial charge in [0.25, 0.3) is 5.69 Å². The van der Waals surface area contributed by atoms with Crippen molar-refractivity contribution in [2.75, 3.05) is 5.43 Å². The third kappa shape index (κ3) is 3.34. The molecule has 0 saturated heterocycles. The number of anilines is 1. The van der Waals surface area contributed by atoms with E-state index in [4.69, 9.17) is 4.42 Å². The number of nitro groups is 2. The van der Waals surface area contributed by atoms with Crippen LogP contribution in [0.25, 0.3) is 0 Å². The molecule has 0 saturated carbocycles. The minimum atomic E-state index is -0.700. The Balaban J connectivity index is 2.35. The van der Waals surface area contributed by atoms with Crippen molar-refractivity contribution in [1.29, 1.82) is 0 Å². The number of rotatable bonds is 5. The van der Waals surface area contributed by atoms with Crippen LogP contribution in [0, 0.1) is 34.1 Å². The lowest BCUT2D eigenvalue weighted by Crippen LogP contribution is -2.03. The number of hydrogen-bond donors (Lipinski definition) is 1. The summed E-state index contributed by atoms with van der Waals surface area (Å²) in [7, 11) is 0. The summed E-state index contributed by atoms with van der Waals surface area (Å²) in [5, 5.41) is 25.9. The minimum Gasteiger partial charge on any atom is -0.469 e. The van der Waals surface area contributed by atoms with Crippen LogP contribution in [0.4, 0.5) is 17.1 Å². The largest absolute Gasteiger partial charge is 0.469 e. The van der Waals surface area contributed by atoms with Crippen LogP contribution >= 0.6 is 0 Å². The maximum absolute atomic E-state index is 11.1. The first-order valence-corrected chi connectivity index (χ1v) is 6.59. The van der Waals surface area contributed by atoms with Crippen LogP contribution in [0.5, 0.6) is 0 Å². The molecule has 0 aliphatic carbocycles. The summed E-state index contributed by atoms with van der Waals surface area (Å²) >= 11 is 0. The maximum Gasteiger partial charge on any atom is 0.301 e. The molecule has 0 spiro atoms. The summed E-state index contributed by atoms with van der Waals surface area (Å²) in [6.45, 7) is 5.38. The molecule has 0 aliphatic rings. The van der Waals surface area contributed by atoms with Crippen LogP contribution in [0.2, 0.25) is 0 Å². The normalized spacial score (nSPS) is 11.3. The van der Waals surface area contributed by atoms with E-state index < -0.39 is 15.5 Å². The van der Waals surface area contributed by atoms with Crippen molar-refractivity contribution >= 4 is 22.8 Å². The number of hydrogen-bond acceptors (Lipinski definition) is 7. The average molecular weight is 318 g/mol. The van der Waals surface area contributed by atoms with E-state index in [1.54, 1.807) is 20.1 Å². The van der Waals surface area contributed by atoms with E-state index in [0.29, 0.717) is 11.5 Å². The summed E-state index contributed by atoms with van der Waals surface area (Å²) in [5.41, 5.74) is 4.16. The monoisotopic (exact) mass is 318 g/mol. The molecule has 0 amide bonds. The maximum atomic E-state index is 11.1. The highest BCUT2D eigenvalue weighted by Crippen LogP contribution is 2.29. The summed E-state index contributed by atoms with van der Waals surface area (Å²) in [6, 6.07) is 3.32. The fraction of sp³-hybridized carbons (Fsp3) is 0.214. The Morgan fingerprint density at radius 2 is 1.91 bits per heavy atom. The van der Waals surface area contributed by atoms with E-state index in [0.717, 1.165) is 17.2 Å². The van der Waals surface area contributed by atoms with E-state index >= 15 is 0 Å². The number of furan rings is 1. The summed E-state index contributed by atoms with van der Waals surface area (Å²) < 4.78 is 5.28. The Morgan fingerprint density at radius 1 is 1.22 bits per heavy atom. The van der Waals surface area contributed by atoms with E-state index in [1.807, 2.05) is 6.92 Å². The van der Waals surface area contributed by atoms with Gasteiger partial charge in [-0.1, -0.05) is 0 Å². The van der Waals surface area contributed by atoms with E-state index in [2.05, 4.69) is 10.5 Å². The second-order valence-electron chi connectivity index (χ2n) is 4.87. The number of nitro benzene ring substituents is 2. The van der Waals surface area contributed by atoms with Crippen molar-refractivity contribution in [2.24, 2.45) is 5.10 Å². The second kappa shape index (κ2) is 6.26. The van der Waals surface area contributed by atoms with Crippen molar-refractivity contribution in [3.63, 3.8) is 0 Å². The van der Waals surface area contributed by atoms with Crippen molar-refractivity contribution in [3.05, 3.63) is 61.6 Å². The SMILES string of the molecule is CC(=NNc1ccc([N+](=O)[O-])cc1[N+](=O)[O-])c1c(C)coc1C. The zero-order valence-electron chi connectivity index (χ0n) is 12.7. The topological polar surface area (TPSA) is 124 Å².